The van der Waals surface area contributed by atoms with Gasteiger partial charge in [-0.05, 0) is 0 Å². The second-order valence-electron chi connectivity index (χ2n) is 0. The Hall–Kier alpha value is 3.51. The first-order valence-corrected chi connectivity index (χ1v) is 0. The van der Waals surface area contributed by atoms with Crippen molar-refractivity contribution < 1.29 is 41.9 Å². The zero-order valence-electron chi connectivity index (χ0n) is 2.44. The minimum atomic E-state index is 0. The molecule has 0 aromatic heterocycles. The van der Waals surface area contributed by atoms with Crippen LogP contribution in [0.3, 0.4) is 0 Å². The maximum atomic E-state index is 0. The van der Waals surface area contributed by atoms with Gasteiger partial charge in [-0.3, -0.25) is 0 Å². The van der Waals surface area contributed by atoms with E-state index in [4.69, 9.17) is 0 Å². The van der Waals surface area contributed by atoms with E-state index in [2.05, 4.69) is 0 Å². The molecule has 5 heteroatoms. The van der Waals surface area contributed by atoms with Crippen molar-refractivity contribution in [1.29, 1.82) is 0 Å². The summed E-state index contributed by atoms with van der Waals surface area (Å²) >= 11 is 0. The van der Waals surface area contributed by atoms with Crippen molar-refractivity contribution in [3.63, 3.8) is 0 Å². The van der Waals surface area contributed by atoms with Crippen LogP contribution in [0.15, 0.2) is 0 Å². The molecule has 0 unspecified atom stereocenters. The maximum Gasteiger partial charge on any atom is 0 e. The molecular weight excluding hydrogens is 426 g/mol. The summed E-state index contributed by atoms with van der Waals surface area (Å²) in [6.45, 7) is 0. The summed E-state index contributed by atoms with van der Waals surface area (Å²) in [4.78, 5) is 0. The molecule has 0 aliphatic heterocycles. The second kappa shape index (κ2) is 25.8. The summed E-state index contributed by atoms with van der Waals surface area (Å²) in [7, 11) is 0. The quantitative estimate of drug-likeness (QED) is 0.358. The smallest absolute Gasteiger partial charge is 0 e. The summed E-state index contributed by atoms with van der Waals surface area (Å²) in [5.41, 5.74) is 0. The fourth-order valence-electron chi connectivity index (χ4n) is 0. The van der Waals surface area contributed by atoms with E-state index in [9.17, 15) is 0 Å². The standard InChI is InChI=1S/Al.Nb.Sb.Sn.Zn.7H. The minimum Gasteiger partial charge on any atom is 0 e. The Morgan fingerprint density at radius 2 is 1.00 bits per heavy atom. The van der Waals surface area contributed by atoms with Crippen LogP contribution < -0.4 is 0 Å². The molecule has 0 spiro atoms. The van der Waals surface area contributed by atoms with Crippen LogP contribution >= 0.6 is 0 Å². The van der Waals surface area contributed by atoms with Crippen LogP contribution in [0, 0.1) is 0 Å². The Kier molecular flexibility index (Phi) is 201. The number of hydrogen-bond donors (Lipinski definition) is 0. The van der Waals surface area contributed by atoms with Crippen LogP contribution in [0.4, 0.5) is 0 Å². The second-order valence-corrected chi connectivity index (χ2v) is 0. The molecule has 0 aromatic rings. The van der Waals surface area contributed by atoms with Crippen LogP contribution in [0.2, 0.25) is 0 Å². The molecule has 0 saturated carbocycles. The van der Waals surface area contributed by atoms with Gasteiger partial charge in [-0.15, -0.1) is 0 Å². The molecule has 0 bridgehead atoms. The van der Waals surface area contributed by atoms with Gasteiger partial charge in [0.05, 0.1) is 0 Å². The van der Waals surface area contributed by atoms with Crippen molar-refractivity contribution in [2.75, 3.05) is 0 Å². The first-order chi connectivity index (χ1) is 0. The van der Waals surface area contributed by atoms with E-state index in [0.717, 1.165) is 0 Å². The van der Waals surface area contributed by atoms with E-state index in [1.165, 1.54) is 0 Å². The third-order valence-electron chi connectivity index (χ3n) is 0. The average Bonchev–Trinajstić information content (AvgIpc) is 0. The van der Waals surface area contributed by atoms with E-state index >= 15 is 0 Å². The van der Waals surface area contributed by atoms with Crippen molar-refractivity contribution in [1.82, 2.24) is 0 Å². The zero-order chi connectivity index (χ0) is 0. The third kappa shape index (κ3) is 18.5. The minimum absolute atomic E-state index is 0. The maximum absolute atomic E-state index is 0. The molecule has 0 aliphatic carbocycles. The molecule has 0 nitrogen and oxygen atoms in total. The Morgan fingerprint density at radius 3 is 1.00 bits per heavy atom. The summed E-state index contributed by atoms with van der Waals surface area (Å²) in [5.74, 6) is 0. The summed E-state index contributed by atoms with van der Waals surface area (Å²) in [6.07, 6.45) is 0. The Morgan fingerprint density at radius 1 is 1.00 bits per heavy atom. The molecule has 0 rings (SSSR count). The van der Waals surface area contributed by atoms with E-state index in [-0.39, 0.29) is 108 Å². The van der Waals surface area contributed by atoms with Crippen LogP contribution in [0.1, 0.15) is 0 Å². The molecule has 4 radical (unpaired) electrons. The summed E-state index contributed by atoms with van der Waals surface area (Å²) in [5, 5.41) is 0. The van der Waals surface area contributed by atoms with Gasteiger partial charge in [0.15, 0.2) is 17.4 Å². The predicted molar refractivity (Wildman–Crippen MR) is 27.0 cm³/mol. The summed E-state index contributed by atoms with van der Waals surface area (Å²) < 4.78 is 0. The van der Waals surface area contributed by atoms with Gasteiger partial charge >= 0.3 is 48.3 Å². The van der Waals surface area contributed by atoms with Crippen LogP contribution in [0.5, 0.6) is 0 Å². The first kappa shape index (κ1) is 38.9. The fourth-order valence-corrected chi connectivity index (χ4v) is 0. The molecule has 0 heterocycles. The van der Waals surface area contributed by atoms with E-state index in [0.29, 0.717) is 0 Å². The normalized spacial score (nSPS) is 0. The SMILES string of the molecule is [AlH3].[Nb].[SbH2].[SnH2].[Zn]. The average molecular weight is 433 g/mol. The fraction of sp³-hybridized carbons (Fsp3) is 0. The van der Waals surface area contributed by atoms with Crippen LogP contribution in [0.25, 0.3) is 0 Å². The monoisotopic (exact) mass is 432 g/mol. The van der Waals surface area contributed by atoms with Gasteiger partial charge in [-0.25, -0.2) is 0 Å². The number of rotatable bonds is 0. The van der Waals surface area contributed by atoms with Crippen molar-refractivity contribution in [3.05, 3.63) is 0 Å². The Labute approximate surface area is 105 Å². The molecular formula is H7AlNbSbSnZn. The topological polar surface area (TPSA) is 0 Å². The Balaban J connectivity index is 0. The number of hydrogen-bond acceptors (Lipinski definition) is 0. The molecule has 0 amide bonds. The van der Waals surface area contributed by atoms with E-state index < -0.39 is 0 Å². The van der Waals surface area contributed by atoms with Gasteiger partial charge in [0.1, 0.15) is 0 Å². The van der Waals surface area contributed by atoms with E-state index in [1.54, 1.807) is 0 Å². The van der Waals surface area contributed by atoms with Gasteiger partial charge < -0.3 is 0 Å². The first-order valence-electron chi connectivity index (χ1n) is 0. The van der Waals surface area contributed by atoms with E-state index in [1.807, 2.05) is 0 Å². The molecule has 0 saturated heterocycles. The van der Waals surface area contributed by atoms with Gasteiger partial charge in [0.2, 0.25) is 0 Å². The molecule has 0 aliphatic rings. The van der Waals surface area contributed by atoms with Gasteiger partial charge in [0.25, 0.3) is 0 Å². The molecule has 0 N–H and O–H groups in total. The molecule has 26 valence electrons. The van der Waals surface area contributed by atoms with Gasteiger partial charge in [0, 0.05) is 41.9 Å². The van der Waals surface area contributed by atoms with Gasteiger partial charge in [-0.1, -0.05) is 0 Å². The largest absolute Gasteiger partial charge is 0 e. The van der Waals surface area contributed by atoms with Crippen LogP contribution in [-0.4, -0.2) is 65.7 Å². The third-order valence-corrected chi connectivity index (χ3v) is 0. The van der Waals surface area contributed by atoms with Crippen molar-refractivity contribution in [2.45, 2.75) is 0 Å². The predicted octanol–water partition coefficient (Wildman–Crippen LogP) is -3.02. The molecule has 0 fully saturated rings. The van der Waals surface area contributed by atoms with Crippen LogP contribution in [-0.2, 0) is 41.9 Å². The zero-order valence-corrected chi connectivity index (χ0v) is 14.9. The molecule has 0 atom stereocenters. The van der Waals surface area contributed by atoms with Crippen molar-refractivity contribution in [3.8, 4) is 0 Å². The Bertz CT molecular complexity index is 11.6. The van der Waals surface area contributed by atoms with Gasteiger partial charge in [-0.2, -0.15) is 0 Å². The molecule has 5 heavy (non-hydrogen) atoms. The van der Waals surface area contributed by atoms with Crippen molar-refractivity contribution >= 4 is 65.7 Å². The molecule has 0 aromatic carbocycles. The summed E-state index contributed by atoms with van der Waals surface area (Å²) in [6, 6.07) is 0. The van der Waals surface area contributed by atoms with Crippen molar-refractivity contribution in [2.24, 2.45) is 0 Å².